The fourth-order valence-electron chi connectivity index (χ4n) is 1.77. The van der Waals surface area contributed by atoms with Gasteiger partial charge in [0.15, 0.2) is 0 Å². The van der Waals surface area contributed by atoms with Crippen molar-refractivity contribution in [1.82, 2.24) is 10.2 Å². The Hall–Kier alpha value is -0.450. The summed E-state index contributed by atoms with van der Waals surface area (Å²) >= 11 is 3.45. The highest BCUT2D eigenvalue weighted by molar-refractivity contribution is 9.10. The van der Waals surface area contributed by atoms with Gasteiger partial charge in [-0.1, -0.05) is 15.9 Å². The van der Waals surface area contributed by atoms with Gasteiger partial charge in [0.2, 0.25) is 0 Å². The van der Waals surface area contributed by atoms with Crippen LogP contribution in [0, 0.1) is 5.82 Å². The number of halogens is 2. The third-order valence-electron chi connectivity index (χ3n) is 2.61. The fraction of sp³-hybridized carbons (Fsp3) is 0.455. The minimum Gasteiger partial charge on any atom is -0.314 e. The Kier molecular flexibility index (Phi) is 3.72. The summed E-state index contributed by atoms with van der Waals surface area (Å²) in [7, 11) is 0. The van der Waals surface area contributed by atoms with E-state index in [1.54, 1.807) is 12.1 Å². The standard InChI is InChI=1S/C11H14BrFN2/c12-11-2-1-10(13)7-9(11)8-15-5-3-14-4-6-15/h1-2,7,14H,3-6,8H2. The second kappa shape index (κ2) is 5.05. The van der Waals surface area contributed by atoms with E-state index in [4.69, 9.17) is 0 Å². The lowest BCUT2D eigenvalue weighted by Crippen LogP contribution is -2.42. The Labute approximate surface area is 97.6 Å². The van der Waals surface area contributed by atoms with Crippen LogP contribution >= 0.6 is 15.9 Å². The van der Waals surface area contributed by atoms with Gasteiger partial charge in [-0.05, 0) is 23.8 Å². The van der Waals surface area contributed by atoms with Gasteiger partial charge < -0.3 is 5.32 Å². The second-order valence-corrected chi connectivity index (χ2v) is 4.62. The molecule has 0 amide bonds. The summed E-state index contributed by atoms with van der Waals surface area (Å²) in [4.78, 5) is 2.33. The number of piperazine rings is 1. The maximum absolute atomic E-state index is 13.0. The monoisotopic (exact) mass is 272 g/mol. The van der Waals surface area contributed by atoms with Crippen LogP contribution in [0.2, 0.25) is 0 Å². The van der Waals surface area contributed by atoms with Crippen LogP contribution in [-0.4, -0.2) is 31.1 Å². The lowest BCUT2D eigenvalue weighted by atomic mass is 10.2. The molecular weight excluding hydrogens is 259 g/mol. The van der Waals surface area contributed by atoms with Crippen molar-refractivity contribution in [3.8, 4) is 0 Å². The van der Waals surface area contributed by atoms with E-state index in [0.717, 1.165) is 42.8 Å². The quantitative estimate of drug-likeness (QED) is 0.886. The Bertz CT molecular complexity index is 337. The van der Waals surface area contributed by atoms with Crippen LogP contribution < -0.4 is 5.32 Å². The highest BCUT2D eigenvalue weighted by Crippen LogP contribution is 2.19. The predicted octanol–water partition coefficient (Wildman–Crippen LogP) is 1.99. The smallest absolute Gasteiger partial charge is 0.123 e. The van der Waals surface area contributed by atoms with Gasteiger partial charge in [-0.15, -0.1) is 0 Å². The topological polar surface area (TPSA) is 15.3 Å². The molecule has 0 radical (unpaired) electrons. The Morgan fingerprint density at radius 3 is 2.80 bits per heavy atom. The zero-order chi connectivity index (χ0) is 10.7. The average Bonchev–Trinajstić information content (AvgIpc) is 2.25. The molecule has 4 heteroatoms. The van der Waals surface area contributed by atoms with Crippen molar-refractivity contribution in [3.63, 3.8) is 0 Å². The molecule has 1 fully saturated rings. The van der Waals surface area contributed by atoms with Crippen LogP contribution in [0.5, 0.6) is 0 Å². The first-order valence-electron chi connectivity index (χ1n) is 5.13. The molecule has 82 valence electrons. The molecule has 0 spiro atoms. The first-order chi connectivity index (χ1) is 7.25. The summed E-state index contributed by atoms with van der Waals surface area (Å²) in [5, 5.41) is 3.30. The number of benzene rings is 1. The van der Waals surface area contributed by atoms with E-state index in [2.05, 4.69) is 26.1 Å². The van der Waals surface area contributed by atoms with Crippen molar-refractivity contribution >= 4 is 15.9 Å². The van der Waals surface area contributed by atoms with Crippen LogP contribution in [0.3, 0.4) is 0 Å². The summed E-state index contributed by atoms with van der Waals surface area (Å²) < 4.78 is 14.0. The van der Waals surface area contributed by atoms with Gasteiger partial charge in [0.05, 0.1) is 0 Å². The molecule has 1 aliphatic rings. The maximum Gasteiger partial charge on any atom is 0.123 e. The number of nitrogens with one attached hydrogen (secondary N) is 1. The van der Waals surface area contributed by atoms with E-state index >= 15 is 0 Å². The molecule has 0 unspecified atom stereocenters. The molecule has 0 bridgehead atoms. The maximum atomic E-state index is 13.0. The molecule has 0 aliphatic carbocycles. The lowest BCUT2D eigenvalue weighted by molar-refractivity contribution is 0.232. The van der Waals surface area contributed by atoms with Crippen LogP contribution in [0.15, 0.2) is 22.7 Å². The predicted molar refractivity (Wildman–Crippen MR) is 62.2 cm³/mol. The number of hydrogen-bond donors (Lipinski definition) is 1. The zero-order valence-corrected chi connectivity index (χ0v) is 10.1. The lowest BCUT2D eigenvalue weighted by Gasteiger charge is -2.27. The van der Waals surface area contributed by atoms with Crippen molar-refractivity contribution in [2.45, 2.75) is 6.54 Å². The SMILES string of the molecule is Fc1ccc(Br)c(CN2CCNCC2)c1. The van der Waals surface area contributed by atoms with Crippen LogP contribution in [-0.2, 0) is 6.54 Å². The molecule has 1 aliphatic heterocycles. The van der Waals surface area contributed by atoms with Gasteiger partial charge in [-0.25, -0.2) is 4.39 Å². The first-order valence-corrected chi connectivity index (χ1v) is 5.92. The minimum absolute atomic E-state index is 0.164. The summed E-state index contributed by atoms with van der Waals surface area (Å²) in [6, 6.07) is 4.85. The summed E-state index contributed by atoms with van der Waals surface area (Å²) in [6.07, 6.45) is 0. The molecule has 1 N–H and O–H groups in total. The third kappa shape index (κ3) is 3.00. The van der Waals surface area contributed by atoms with Gasteiger partial charge in [-0.3, -0.25) is 4.90 Å². The van der Waals surface area contributed by atoms with Crippen molar-refractivity contribution < 1.29 is 4.39 Å². The zero-order valence-electron chi connectivity index (χ0n) is 8.47. The summed E-state index contributed by atoms with van der Waals surface area (Å²) in [6.45, 7) is 4.92. The van der Waals surface area contributed by atoms with E-state index in [-0.39, 0.29) is 5.82 Å². The normalized spacial score (nSPS) is 18.0. The van der Waals surface area contributed by atoms with Crippen LogP contribution in [0.4, 0.5) is 4.39 Å². The Morgan fingerprint density at radius 2 is 2.07 bits per heavy atom. The van der Waals surface area contributed by atoms with E-state index in [0.29, 0.717) is 0 Å². The van der Waals surface area contributed by atoms with Gasteiger partial charge in [0.1, 0.15) is 5.82 Å². The second-order valence-electron chi connectivity index (χ2n) is 3.76. The van der Waals surface area contributed by atoms with Crippen molar-refractivity contribution in [2.24, 2.45) is 0 Å². The van der Waals surface area contributed by atoms with Crippen molar-refractivity contribution in [1.29, 1.82) is 0 Å². The highest BCUT2D eigenvalue weighted by Gasteiger charge is 2.11. The highest BCUT2D eigenvalue weighted by atomic mass is 79.9. The number of hydrogen-bond acceptors (Lipinski definition) is 2. The van der Waals surface area contributed by atoms with Gasteiger partial charge in [0.25, 0.3) is 0 Å². The van der Waals surface area contributed by atoms with Gasteiger partial charge in [0, 0.05) is 37.2 Å². The summed E-state index contributed by atoms with van der Waals surface area (Å²) in [5.41, 5.74) is 1.02. The van der Waals surface area contributed by atoms with Crippen LogP contribution in [0.25, 0.3) is 0 Å². The molecule has 0 atom stereocenters. The van der Waals surface area contributed by atoms with E-state index < -0.39 is 0 Å². The van der Waals surface area contributed by atoms with Gasteiger partial charge in [-0.2, -0.15) is 0 Å². The molecule has 0 saturated carbocycles. The molecule has 1 heterocycles. The van der Waals surface area contributed by atoms with E-state index in [1.165, 1.54) is 6.07 Å². The molecule has 0 aromatic heterocycles. The summed E-state index contributed by atoms with van der Waals surface area (Å²) in [5.74, 6) is -0.164. The molecule has 2 rings (SSSR count). The molecule has 1 saturated heterocycles. The molecular formula is C11H14BrFN2. The average molecular weight is 273 g/mol. The minimum atomic E-state index is -0.164. The first kappa shape index (κ1) is 11.0. The largest absolute Gasteiger partial charge is 0.314 e. The molecule has 1 aromatic carbocycles. The third-order valence-corrected chi connectivity index (χ3v) is 3.38. The number of nitrogens with zero attached hydrogens (tertiary/aromatic N) is 1. The van der Waals surface area contributed by atoms with Crippen LogP contribution in [0.1, 0.15) is 5.56 Å². The molecule has 1 aromatic rings. The van der Waals surface area contributed by atoms with Gasteiger partial charge >= 0.3 is 0 Å². The molecule has 15 heavy (non-hydrogen) atoms. The van der Waals surface area contributed by atoms with E-state index in [9.17, 15) is 4.39 Å². The number of rotatable bonds is 2. The Morgan fingerprint density at radius 1 is 1.33 bits per heavy atom. The van der Waals surface area contributed by atoms with Crippen molar-refractivity contribution in [2.75, 3.05) is 26.2 Å². The fourth-order valence-corrected chi connectivity index (χ4v) is 2.15. The molecule has 2 nitrogen and oxygen atoms in total. The van der Waals surface area contributed by atoms with Crippen molar-refractivity contribution in [3.05, 3.63) is 34.1 Å². The van der Waals surface area contributed by atoms with E-state index in [1.807, 2.05) is 0 Å². The Balaban J connectivity index is 2.05.